The van der Waals surface area contributed by atoms with Crippen molar-refractivity contribution < 1.29 is 15.0 Å². The Morgan fingerprint density at radius 2 is 1.79 bits per heavy atom. The van der Waals surface area contributed by atoms with E-state index in [1.807, 2.05) is 0 Å². The van der Waals surface area contributed by atoms with Crippen LogP contribution in [0.25, 0.3) is 0 Å². The van der Waals surface area contributed by atoms with E-state index in [0.717, 1.165) is 25.7 Å². The van der Waals surface area contributed by atoms with Gasteiger partial charge in [0.25, 0.3) is 0 Å². The van der Waals surface area contributed by atoms with E-state index in [4.69, 9.17) is 5.11 Å². The molecule has 0 rings (SSSR count). The molecule has 0 amide bonds. The summed E-state index contributed by atoms with van der Waals surface area (Å²) >= 11 is 0. The molecule has 0 aromatic rings. The van der Waals surface area contributed by atoms with Gasteiger partial charge in [0.2, 0.25) is 0 Å². The van der Waals surface area contributed by atoms with Crippen LogP contribution in [0.2, 0.25) is 0 Å². The molecule has 0 aliphatic carbocycles. The van der Waals surface area contributed by atoms with Crippen LogP contribution in [-0.2, 0) is 4.79 Å². The molecule has 0 spiro atoms. The van der Waals surface area contributed by atoms with Gasteiger partial charge in [-0.05, 0) is 26.2 Å². The second kappa shape index (κ2) is 6.82. The Labute approximate surface area is 86.1 Å². The fourth-order valence-corrected chi connectivity index (χ4v) is 1.50. The first-order valence-corrected chi connectivity index (χ1v) is 5.42. The van der Waals surface area contributed by atoms with Gasteiger partial charge in [-0.15, -0.1) is 0 Å². The van der Waals surface area contributed by atoms with Gasteiger partial charge in [-0.25, -0.2) is 0 Å². The molecule has 0 saturated carbocycles. The largest absolute Gasteiger partial charge is 0.481 e. The van der Waals surface area contributed by atoms with E-state index >= 15 is 0 Å². The summed E-state index contributed by atoms with van der Waals surface area (Å²) < 4.78 is 0. The van der Waals surface area contributed by atoms with Crippen LogP contribution in [0.5, 0.6) is 0 Å². The van der Waals surface area contributed by atoms with Crippen LogP contribution in [0.1, 0.15) is 58.8 Å². The molecule has 1 atom stereocenters. The van der Waals surface area contributed by atoms with Crippen molar-refractivity contribution in [2.24, 2.45) is 0 Å². The Balaban J connectivity index is 3.55. The normalized spacial score (nSPS) is 15.1. The molecule has 2 N–H and O–H groups in total. The zero-order valence-corrected chi connectivity index (χ0v) is 9.25. The van der Waals surface area contributed by atoms with Gasteiger partial charge in [-0.1, -0.05) is 26.2 Å². The van der Waals surface area contributed by atoms with Crippen molar-refractivity contribution in [3.63, 3.8) is 0 Å². The minimum absolute atomic E-state index is 0.157. The number of aliphatic hydroxyl groups is 1. The maximum absolute atomic E-state index is 10.3. The number of hydrogen-bond donors (Lipinski definition) is 2. The summed E-state index contributed by atoms with van der Waals surface area (Å²) in [5.74, 6) is -0.783. The number of unbranched alkanes of at least 4 members (excludes halogenated alkanes) is 2. The molecule has 0 aromatic carbocycles. The van der Waals surface area contributed by atoms with Crippen molar-refractivity contribution in [2.75, 3.05) is 0 Å². The van der Waals surface area contributed by atoms with Gasteiger partial charge < -0.3 is 10.2 Å². The highest BCUT2D eigenvalue weighted by Gasteiger charge is 2.19. The summed E-state index contributed by atoms with van der Waals surface area (Å²) in [7, 11) is 0. The highest BCUT2D eigenvalue weighted by Crippen LogP contribution is 2.20. The summed E-state index contributed by atoms with van der Waals surface area (Å²) in [5.41, 5.74) is -0.676. The van der Waals surface area contributed by atoms with E-state index in [2.05, 4.69) is 6.92 Å². The van der Waals surface area contributed by atoms with Crippen molar-refractivity contribution in [1.29, 1.82) is 0 Å². The first-order chi connectivity index (χ1) is 6.48. The molecule has 84 valence electrons. The number of aliphatic carboxylic acids is 1. The molecule has 3 heteroatoms. The van der Waals surface area contributed by atoms with Crippen LogP contribution >= 0.6 is 0 Å². The van der Waals surface area contributed by atoms with Gasteiger partial charge in [0.15, 0.2) is 0 Å². The SMILES string of the molecule is CCCCCC(C)(O)CCCC(=O)O. The lowest BCUT2D eigenvalue weighted by atomic mass is 9.92. The minimum Gasteiger partial charge on any atom is -0.481 e. The molecule has 0 saturated heterocycles. The van der Waals surface area contributed by atoms with Gasteiger partial charge in [0.05, 0.1) is 5.60 Å². The summed E-state index contributed by atoms with van der Waals surface area (Å²) in [5, 5.41) is 18.3. The molecule has 0 aliphatic rings. The Kier molecular flexibility index (Phi) is 6.54. The molecular formula is C11H22O3. The lowest BCUT2D eigenvalue weighted by Gasteiger charge is -2.22. The summed E-state index contributed by atoms with van der Waals surface area (Å²) in [6.45, 7) is 3.92. The topological polar surface area (TPSA) is 57.5 Å². The predicted molar refractivity (Wildman–Crippen MR) is 56.3 cm³/mol. The monoisotopic (exact) mass is 202 g/mol. The molecule has 14 heavy (non-hydrogen) atoms. The van der Waals surface area contributed by atoms with Gasteiger partial charge >= 0.3 is 5.97 Å². The third kappa shape index (κ3) is 8.05. The molecule has 0 fully saturated rings. The van der Waals surface area contributed by atoms with Crippen molar-refractivity contribution in [1.82, 2.24) is 0 Å². The maximum Gasteiger partial charge on any atom is 0.303 e. The van der Waals surface area contributed by atoms with E-state index < -0.39 is 11.6 Å². The van der Waals surface area contributed by atoms with E-state index in [1.54, 1.807) is 6.92 Å². The molecule has 3 nitrogen and oxygen atoms in total. The van der Waals surface area contributed by atoms with Crippen LogP contribution in [0, 0.1) is 0 Å². The van der Waals surface area contributed by atoms with Crippen molar-refractivity contribution in [2.45, 2.75) is 64.4 Å². The van der Waals surface area contributed by atoms with Gasteiger partial charge in [-0.2, -0.15) is 0 Å². The lowest BCUT2D eigenvalue weighted by molar-refractivity contribution is -0.137. The van der Waals surface area contributed by atoms with Crippen LogP contribution < -0.4 is 0 Å². The fourth-order valence-electron chi connectivity index (χ4n) is 1.50. The van der Waals surface area contributed by atoms with E-state index in [1.165, 1.54) is 0 Å². The highest BCUT2D eigenvalue weighted by atomic mass is 16.4. The van der Waals surface area contributed by atoms with Crippen LogP contribution in [0.3, 0.4) is 0 Å². The third-order valence-electron chi connectivity index (χ3n) is 2.42. The molecule has 0 aliphatic heterocycles. The average molecular weight is 202 g/mol. The van der Waals surface area contributed by atoms with Gasteiger partial charge in [0, 0.05) is 6.42 Å². The van der Waals surface area contributed by atoms with Crippen LogP contribution in [0.15, 0.2) is 0 Å². The van der Waals surface area contributed by atoms with Crippen LogP contribution in [-0.4, -0.2) is 21.8 Å². The Morgan fingerprint density at radius 3 is 2.29 bits per heavy atom. The van der Waals surface area contributed by atoms with E-state index in [-0.39, 0.29) is 6.42 Å². The lowest BCUT2D eigenvalue weighted by Crippen LogP contribution is -2.24. The number of hydrogen-bond acceptors (Lipinski definition) is 2. The van der Waals surface area contributed by atoms with Crippen molar-refractivity contribution in [3.05, 3.63) is 0 Å². The molecule has 0 heterocycles. The Bertz CT molecular complexity index is 164. The highest BCUT2D eigenvalue weighted by molar-refractivity contribution is 5.66. The van der Waals surface area contributed by atoms with E-state index in [9.17, 15) is 9.90 Å². The second-order valence-electron chi connectivity index (χ2n) is 4.20. The molecule has 1 unspecified atom stereocenters. The maximum atomic E-state index is 10.3. The average Bonchev–Trinajstić information content (AvgIpc) is 2.03. The number of rotatable bonds is 8. The second-order valence-corrected chi connectivity index (χ2v) is 4.20. The number of carbonyl (C=O) groups is 1. The number of carboxylic acid groups (broad SMARTS) is 1. The van der Waals surface area contributed by atoms with Crippen LogP contribution in [0.4, 0.5) is 0 Å². The molecule has 0 bridgehead atoms. The summed E-state index contributed by atoms with van der Waals surface area (Å²) in [6, 6.07) is 0. The van der Waals surface area contributed by atoms with Crippen molar-refractivity contribution in [3.8, 4) is 0 Å². The smallest absolute Gasteiger partial charge is 0.303 e. The minimum atomic E-state index is -0.783. The Hall–Kier alpha value is -0.570. The van der Waals surface area contributed by atoms with E-state index in [0.29, 0.717) is 12.8 Å². The van der Waals surface area contributed by atoms with Gasteiger partial charge in [0.1, 0.15) is 0 Å². The standard InChI is InChI=1S/C11H22O3/c1-3-4-5-8-11(2,14)9-6-7-10(12)13/h14H,3-9H2,1-2H3,(H,12,13). The third-order valence-corrected chi connectivity index (χ3v) is 2.42. The zero-order chi connectivity index (χ0) is 11.0. The molecule has 0 radical (unpaired) electrons. The fraction of sp³-hybridized carbons (Fsp3) is 0.909. The van der Waals surface area contributed by atoms with Gasteiger partial charge in [-0.3, -0.25) is 4.79 Å². The first-order valence-electron chi connectivity index (χ1n) is 5.42. The summed E-state index contributed by atoms with van der Waals surface area (Å²) in [4.78, 5) is 10.3. The zero-order valence-electron chi connectivity index (χ0n) is 9.25. The molecular weight excluding hydrogens is 180 g/mol. The predicted octanol–water partition coefficient (Wildman–Crippen LogP) is 2.57. The number of carboxylic acids is 1. The first kappa shape index (κ1) is 13.4. The summed E-state index contributed by atoms with van der Waals surface area (Å²) in [6.07, 6.45) is 5.39. The van der Waals surface area contributed by atoms with Crippen molar-refractivity contribution >= 4 is 5.97 Å². The quantitative estimate of drug-likeness (QED) is 0.595. The molecule has 0 aromatic heterocycles. The Morgan fingerprint density at radius 1 is 1.21 bits per heavy atom.